The van der Waals surface area contributed by atoms with Gasteiger partial charge in [0.25, 0.3) is 0 Å². The highest BCUT2D eigenvalue weighted by molar-refractivity contribution is 7.89. The Morgan fingerprint density at radius 1 is 1.40 bits per heavy atom. The fourth-order valence-corrected chi connectivity index (χ4v) is 3.84. The zero-order chi connectivity index (χ0) is 14.3. The summed E-state index contributed by atoms with van der Waals surface area (Å²) in [5.41, 5.74) is 0.910. The molecule has 108 valence electrons. The van der Waals surface area contributed by atoms with Crippen LogP contribution in [0.2, 0.25) is 0 Å². The fourth-order valence-electron chi connectivity index (χ4n) is 2.56. The monoisotopic (exact) mass is 296 g/mol. The van der Waals surface area contributed by atoms with E-state index in [9.17, 15) is 13.2 Å². The fraction of sp³-hybridized carbons (Fsp3) is 0.462. The zero-order valence-corrected chi connectivity index (χ0v) is 11.9. The summed E-state index contributed by atoms with van der Waals surface area (Å²) in [5.74, 6) is 0.708. The number of hydrogen-bond acceptors (Lipinski definition) is 4. The first-order chi connectivity index (χ1) is 9.45. The molecule has 20 heavy (non-hydrogen) atoms. The molecule has 1 atom stereocenters. The van der Waals surface area contributed by atoms with E-state index in [1.54, 1.807) is 19.2 Å². The molecule has 7 heteroatoms. The van der Waals surface area contributed by atoms with Crippen LogP contribution in [-0.2, 0) is 21.2 Å². The number of benzene rings is 1. The topological polar surface area (TPSA) is 75.7 Å². The van der Waals surface area contributed by atoms with Crippen LogP contribution in [0.15, 0.2) is 23.1 Å². The Hall–Kier alpha value is -1.60. The summed E-state index contributed by atoms with van der Waals surface area (Å²) in [7, 11) is -1.93. The van der Waals surface area contributed by atoms with Crippen molar-refractivity contribution in [3.63, 3.8) is 0 Å². The minimum Gasteiger partial charge on any atom is -0.493 e. The number of fused-ring (bicyclic) bond motifs is 1. The van der Waals surface area contributed by atoms with Crippen molar-refractivity contribution in [2.75, 3.05) is 20.2 Å². The van der Waals surface area contributed by atoms with Crippen LogP contribution in [0.25, 0.3) is 0 Å². The first kappa shape index (κ1) is 13.4. The van der Waals surface area contributed by atoms with Crippen molar-refractivity contribution in [3.05, 3.63) is 23.8 Å². The van der Waals surface area contributed by atoms with Gasteiger partial charge in [-0.25, -0.2) is 13.1 Å². The summed E-state index contributed by atoms with van der Waals surface area (Å²) < 4.78 is 32.6. The molecular formula is C13H16N2O4S. The van der Waals surface area contributed by atoms with Crippen molar-refractivity contribution in [3.8, 4) is 5.75 Å². The number of nitrogens with zero attached hydrogens (tertiary/aromatic N) is 1. The van der Waals surface area contributed by atoms with Gasteiger partial charge in [0.05, 0.1) is 11.5 Å². The normalized spacial score (nSPS) is 21.9. The van der Waals surface area contributed by atoms with Gasteiger partial charge in [-0.2, -0.15) is 0 Å². The molecule has 2 aliphatic rings. The number of ether oxygens (including phenoxy) is 1. The number of sulfonamides is 1. The summed E-state index contributed by atoms with van der Waals surface area (Å²) in [6, 6.07) is 4.50. The van der Waals surface area contributed by atoms with Gasteiger partial charge in [0.2, 0.25) is 15.9 Å². The number of rotatable bonds is 3. The molecule has 1 amide bonds. The van der Waals surface area contributed by atoms with Crippen LogP contribution in [0.4, 0.5) is 0 Å². The predicted octanol–water partition coefficient (Wildman–Crippen LogP) is 0.130. The first-order valence-electron chi connectivity index (χ1n) is 6.48. The maximum Gasteiger partial charge on any atom is 0.240 e. The largest absolute Gasteiger partial charge is 0.493 e. The number of nitrogens with one attached hydrogen (secondary N) is 1. The Balaban J connectivity index is 1.80. The van der Waals surface area contributed by atoms with Gasteiger partial charge in [0.15, 0.2) is 0 Å². The van der Waals surface area contributed by atoms with Gasteiger partial charge in [-0.1, -0.05) is 0 Å². The molecule has 0 saturated carbocycles. The highest BCUT2D eigenvalue weighted by Crippen LogP contribution is 2.27. The van der Waals surface area contributed by atoms with Crippen LogP contribution in [-0.4, -0.2) is 45.5 Å². The highest BCUT2D eigenvalue weighted by atomic mass is 32.2. The molecule has 1 saturated heterocycles. The molecule has 0 bridgehead atoms. The third kappa shape index (κ3) is 2.38. The zero-order valence-electron chi connectivity index (χ0n) is 11.1. The number of likely N-dealkylation sites (N-methyl/N-ethyl adjacent to an activating group) is 1. The summed E-state index contributed by atoms with van der Waals surface area (Å²) in [6.07, 6.45) is 0.938. The first-order valence-corrected chi connectivity index (χ1v) is 7.96. The molecule has 1 aromatic rings. The Morgan fingerprint density at radius 3 is 2.90 bits per heavy atom. The van der Waals surface area contributed by atoms with Gasteiger partial charge < -0.3 is 9.64 Å². The Bertz CT molecular complexity index is 656. The number of likely N-dealkylation sites (tertiary alicyclic amines) is 1. The molecule has 3 rings (SSSR count). The lowest BCUT2D eigenvalue weighted by Gasteiger charge is -2.13. The molecule has 0 unspecified atom stereocenters. The molecule has 0 aliphatic carbocycles. The van der Waals surface area contributed by atoms with E-state index in [4.69, 9.17) is 4.74 Å². The van der Waals surface area contributed by atoms with Crippen LogP contribution in [0, 0.1) is 0 Å². The lowest BCUT2D eigenvalue weighted by atomic mass is 10.2. The molecule has 1 fully saturated rings. The number of hydrogen-bond donors (Lipinski definition) is 1. The predicted molar refractivity (Wildman–Crippen MR) is 72.0 cm³/mol. The quantitative estimate of drug-likeness (QED) is 0.860. The molecule has 0 radical (unpaired) electrons. The maximum absolute atomic E-state index is 12.3. The molecule has 1 aromatic carbocycles. The molecule has 2 aliphatic heterocycles. The minimum atomic E-state index is -3.60. The van der Waals surface area contributed by atoms with E-state index < -0.39 is 10.0 Å². The lowest BCUT2D eigenvalue weighted by molar-refractivity contribution is -0.126. The van der Waals surface area contributed by atoms with Gasteiger partial charge in [-0.3, -0.25) is 4.79 Å². The van der Waals surface area contributed by atoms with E-state index >= 15 is 0 Å². The van der Waals surface area contributed by atoms with E-state index in [-0.39, 0.29) is 23.3 Å². The van der Waals surface area contributed by atoms with Crippen LogP contribution < -0.4 is 9.46 Å². The maximum atomic E-state index is 12.3. The van der Waals surface area contributed by atoms with E-state index in [0.29, 0.717) is 13.2 Å². The van der Waals surface area contributed by atoms with Crippen molar-refractivity contribution >= 4 is 15.9 Å². The summed E-state index contributed by atoms with van der Waals surface area (Å²) in [5, 5.41) is 0. The molecule has 6 nitrogen and oxygen atoms in total. The highest BCUT2D eigenvalue weighted by Gasteiger charge is 2.31. The summed E-state index contributed by atoms with van der Waals surface area (Å²) in [6.45, 7) is 1.00. The number of carbonyl (C=O) groups excluding carboxylic acids is 1. The summed E-state index contributed by atoms with van der Waals surface area (Å²) in [4.78, 5) is 13.2. The van der Waals surface area contributed by atoms with Crippen molar-refractivity contribution in [2.45, 2.75) is 23.8 Å². The van der Waals surface area contributed by atoms with Crippen molar-refractivity contribution in [2.24, 2.45) is 0 Å². The van der Waals surface area contributed by atoms with Crippen molar-refractivity contribution in [1.29, 1.82) is 0 Å². The van der Waals surface area contributed by atoms with Crippen LogP contribution in [0.3, 0.4) is 0 Å². The van der Waals surface area contributed by atoms with Gasteiger partial charge in [0, 0.05) is 32.5 Å². The summed E-state index contributed by atoms with van der Waals surface area (Å²) >= 11 is 0. The van der Waals surface area contributed by atoms with Crippen LogP contribution >= 0.6 is 0 Å². The number of amides is 1. The molecule has 1 N–H and O–H groups in total. The van der Waals surface area contributed by atoms with Crippen molar-refractivity contribution < 1.29 is 17.9 Å². The SMILES string of the molecule is CN1C[C@H](NS(=O)(=O)c2ccc3c(c2)CCO3)CC1=O. The Labute approximate surface area is 117 Å². The molecule has 0 spiro atoms. The Kier molecular flexibility index (Phi) is 3.18. The van der Waals surface area contributed by atoms with E-state index in [1.807, 2.05) is 0 Å². The van der Waals surface area contributed by atoms with E-state index in [0.717, 1.165) is 17.7 Å². The van der Waals surface area contributed by atoms with E-state index in [2.05, 4.69) is 4.72 Å². The molecular weight excluding hydrogens is 280 g/mol. The molecule has 2 heterocycles. The van der Waals surface area contributed by atoms with E-state index in [1.165, 1.54) is 11.0 Å². The smallest absolute Gasteiger partial charge is 0.240 e. The Morgan fingerprint density at radius 2 is 2.20 bits per heavy atom. The van der Waals surface area contributed by atoms with Gasteiger partial charge in [0.1, 0.15) is 5.75 Å². The second-order valence-corrected chi connectivity index (χ2v) is 6.88. The average Bonchev–Trinajstić information content (AvgIpc) is 2.95. The lowest BCUT2D eigenvalue weighted by Crippen LogP contribution is -2.36. The molecule has 0 aromatic heterocycles. The number of carbonyl (C=O) groups is 1. The van der Waals surface area contributed by atoms with Gasteiger partial charge in [-0.05, 0) is 23.8 Å². The van der Waals surface area contributed by atoms with Crippen molar-refractivity contribution in [1.82, 2.24) is 9.62 Å². The standard InChI is InChI=1S/C13H16N2O4S/c1-15-8-10(7-13(15)16)14-20(17,18)11-2-3-12-9(6-11)4-5-19-12/h2-3,6,10,14H,4-5,7-8H2,1H3/t10-/m1/s1. The average molecular weight is 296 g/mol. The van der Waals surface area contributed by atoms with Crippen LogP contribution in [0.1, 0.15) is 12.0 Å². The minimum absolute atomic E-state index is 0.0416. The second-order valence-electron chi connectivity index (χ2n) is 5.16. The van der Waals surface area contributed by atoms with Crippen LogP contribution in [0.5, 0.6) is 5.75 Å². The third-order valence-electron chi connectivity index (χ3n) is 3.63. The third-order valence-corrected chi connectivity index (χ3v) is 5.15. The van der Waals surface area contributed by atoms with Gasteiger partial charge >= 0.3 is 0 Å². The second kappa shape index (κ2) is 4.75. The van der Waals surface area contributed by atoms with Gasteiger partial charge in [-0.15, -0.1) is 0 Å².